The van der Waals surface area contributed by atoms with Gasteiger partial charge in [0.1, 0.15) is 0 Å². The Balaban J connectivity index is 1.73. The van der Waals surface area contributed by atoms with Crippen molar-refractivity contribution >= 4 is 23.4 Å². The van der Waals surface area contributed by atoms with Crippen LogP contribution in [0.25, 0.3) is 0 Å². The average molecular weight is 343 g/mol. The van der Waals surface area contributed by atoms with Crippen LogP contribution in [-0.4, -0.2) is 41.2 Å². The van der Waals surface area contributed by atoms with Gasteiger partial charge in [0.05, 0.1) is 0 Å². The summed E-state index contributed by atoms with van der Waals surface area (Å²) in [5.41, 5.74) is 1.20. The Morgan fingerprint density at radius 3 is 2.88 bits per heavy atom. The summed E-state index contributed by atoms with van der Waals surface area (Å²) < 4.78 is 0. The quantitative estimate of drug-likeness (QED) is 0.861. The van der Waals surface area contributed by atoms with Crippen LogP contribution in [0.5, 0.6) is 0 Å². The molecule has 6 nitrogen and oxygen atoms in total. The number of benzene rings is 1. The third kappa shape index (κ3) is 4.00. The van der Waals surface area contributed by atoms with Gasteiger partial charge in [0.2, 0.25) is 11.8 Å². The number of hydrogen-bond acceptors (Lipinski definition) is 3. The molecule has 2 aliphatic heterocycles. The maximum absolute atomic E-state index is 13.0. The van der Waals surface area contributed by atoms with Crippen molar-refractivity contribution in [3.8, 4) is 0 Å². The van der Waals surface area contributed by atoms with Crippen LogP contribution in [0.1, 0.15) is 55.8 Å². The third-order valence-corrected chi connectivity index (χ3v) is 4.96. The second-order valence-electron chi connectivity index (χ2n) is 6.84. The first-order valence-corrected chi connectivity index (χ1v) is 9.07. The van der Waals surface area contributed by atoms with Crippen molar-refractivity contribution in [1.82, 2.24) is 10.2 Å². The Kier molecular flexibility index (Phi) is 5.36. The summed E-state index contributed by atoms with van der Waals surface area (Å²) in [6, 6.07) is 7.11. The molecule has 0 aromatic heterocycles. The lowest BCUT2D eigenvalue weighted by Gasteiger charge is -2.27. The van der Waals surface area contributed by atoms with Gasteiger partial charge in [-0.1, -0.05) is 19.4 Å². The minimum absolute atomic E-state index is 0.0157. The van der Waals surface area contributed by atoms with E-state index in [1.165, 1.54) is 0 Å². The lowest BCUT2D eigenvalue weighted by molar-refractivity contribution is -0.121. The number of carbonyl (C=O) groups is 3. The summed E-state index contributed by atoms with van der Waals surface area (Å²) in [5.74, 6) is -0.0771. The molecule has 2 heterocycles. The molecule has 6 heteroatoms. The number of anilines is 1. The van der Waals surface area contributed by atoms with Gasteiger partial charge < -0.3 is 15.5 Å². The fourth-order valence-corrected chi connectivity index (χ4v) is 3.65. The van der Waals surface area contributed by atoms with E-state index >= 15 is 0 Å². The molecular formula is C19H25N3O3. The molecule has 2 saturated heterocycles. The predicted octanol–water partition coefficient (Wildman–Crippen LogP) is 2.31. The third-order valence-electron chi connectivity index (χ3n) is 4.96. The zero-order valence-corrected chi connectivity index (χ0v) is 14.6. The monoisotopic (exact) mass is 343 g/mol. The molecule has 3 amide bonds. The van der Waals surface area contributed by atoms with Crippen LogP contribution >= 0.6 is 0 Å². The van der Waals surface area contributed by atoms with Gasteiger partial charge in [-0.25, -0.2) is 0 Å². The average Bonchev–Trinajstić information content (AvgIpc) is 2.91. The van der Waals surface area contributed by atoms with E-state index in [-0.39, 0.29) is 29.8 Å². The number of hydrogen-bond donors (Lipinski definition) is 2. The standard InChI is InChI=1S/C19H25N3O3/c1-2-3-7-17(23)21-14-6-4-5-13(10-14)19(25)22-15-8-9-16(22)12-20-18(24)11-15/h4-6,10,15-16H,2-3,7-9,11-12H2,1H3,(H,20,24)(H,21,23)/t15-,16+/m1/s1. The number of unbranched alkanes of at least 4 members (excludes halogenated alkanes) is 1. The molecule has 3 rings (SSSR count). The van der Waals surface area contributed by atoms with E-state index in [4.69, 9.17) is 0 Å². The van der Waals surface area contributed by atoms with E-state index in [1.54, 1.807) is 24.3 Å². The molecule has 0 aliphatic carbocycles. The molecule has 1 aromatic carbocycles. The molecule has 2 atom stereocenters. The van der Waals surface area contributed by atoms with E-state index in [2.05, 4.69) is 10.6 Å². The molecule has 0 saturated carbocycles. The van der Waals surface area contributed by atoms with Crippen molar-refractivity contribution in [2.45, 2.75) is 57.5 Å². The highest BCUT2D eigenvalue weighted by atomic mass is 16.2. The van der Waals surface area contributed by atoms with Crippen LogP contribution in [0.15, 0.2) is 24.3 Å². The van der Waals surface area contributed by atoms with Crippen LogP contribution in [-0.2, 0) is 9.59 Å². The highest BCUT2D eigenvalue weighted by Crippen LogP contribution is 2.30. The van der Waals surface area contributed by atoms with E-state index in [0.29, 0.717) is 30.6 Å². The molecule has 25 heavy (non-hydrogen) atoms. The van der Waals surface area contributed by atoms with Crippen molar-refractivity contribution in [1.29, 1.82) is 0 Å². The van der Waals surface area contributed by atoms with Crippen LogP contribution in [0.3, 0.4) is 0 Å². The van der Waals surface area contributed by atoms with E-state index in [0.717, 1.165) is 25.7 Å². The predicted molar refractivity (Wildman–Crippen MR) is 95.2 cm³/mol. The Morgan fingerprint density at radius 1 is 1.28 bits per heavy atom. The van der Waals surface area contributed by atoms with Crippen LogP contribution in [0, 0.1) is 0 Å². The van der Waals surface area contributed by atoms with Crippen molar-refractivity contribution in [2.75, 3.05) is 11.9 Å². The summed E-state index contributed by atoms with van der Waals surface area (Å²) in [7, 11) is 0. The summed E-state index contributed by atoms with van der Waals surface area (Å²) in [5, 5.41) is 5.74. The molecule has 2 N–H and O–H groups in total. The Morgan fingerprint density at radius 2 is 2.08 bits per heavy atom. The van der Waals surface area contributed by atoms with Crippen LogP contribution in [0.4, 0.5) is 5.69 Å². The highest BCUT2D eigenvalue weighted by molar-refractivity contribution is 5.98. The van der Waals surface area contributed by atoms with Crippen LogP contribution in [0.2, 0.25) is 0 Å². The topological polar surface area (TPSA) is 78.5 Å². The SMILES string of the molecule is CCCCC(=O)Nc1cccc(C(=O)N2[C@@H]3CC[C@H]2CNC(=O)C3)c1. The van der Waals surface area contributed by atoms with E-state index in [9.17, 15) is 14.4 Å². The lowest BCUT2D eigenvalue weighted by Crippen LogP contribution is -2.42. The lowest BCUT2D eigenvalue weighted by atomic mass is 10.1. The minimum Gasteiger partial charge on any atom is -0.354 e. The molecule has 2 fully saturated rings. The second-order valence-corrected chi connectivity index (χ2v) is 6.84. The first-order valence-electron chi connectivity index (χ1n) is 9.07. The number of nitrogens with zero attached hydrogens (tertiary/aromatic N) is 1. The fourth-order valence-electron chi connectivity index (χ4n) is 3.65. The zero-order chi connectivity index (χ0) is 17.8. The van der Waals surface area contributed by atoms with Gasteiger partial charge in [0, 0.05) is 42.7 Å². The summed E-state index contributed by atoms with van der Waals surface area (Å²) in [6.07, 6.45) is 4.47. The Hall–Kier alpha value is -2.37. The second kappa shape index (κ2) is 7.68. The number of carbonyl (C=O) groups excluding carboxylic acids is 3. The van der Waals surface area contributed by atoms with Crippen LogP contribution < -0.4 is 10.6 Å². The molecule has 2 aliphatic rings. The molecule has 0 radical (unpaired) electrons. The molecule has 0 unspecified atom stereocenters. The van der Waals surface area contributed by atoms with Crippen molar-refractivity contribution in [3.05, 3.63) is 29.8 Å². The maximum atomic E-state index is 13.0. The van der Waals surface area contributed by atoms with Gasteiger partial charge >= 0.3 is 0 Å². The maximum Gasteiger partial charge on any atom is 0.254 e. The van der Waals surface area contributed by atoms with Gasteiger partial charge in [0.25, 0.3) is 5.91 Å². The van der Waals surface area contributed by atoms with Gasteiger partial charge in [-0.15, -0.1) is 0 Å². The zero-order valence-electron chi connectivity index (χ0n) is 14.6. The fraction of sp³-hybridized carbons (Fsp3) is 0.526. The largest absolute Gasteiger partial charge is 0.354 e. The molecule has 1 aromatic rings. The first-order chi connectivity index (χ1) is 12.1. The summed E-state index contributed by atoms with van der Waals surface area (Å²) in [6.45, 7) is 2.57. The smallest absolute Gasteiger partial charge is 0.254 e. The number of fused-ring (bicyclic) bond motifs is 2. The Bertz CT molecular complexity index is 674. The summed E-state index contributed by atoms with van der Waals surface area (Å²) in [4.78, 5) is 38.5. The van der Waals surface area contributed by atoms with Crippen molar-refractivity contribution in [2.24, 2.45) is 0 Å². The van der Waals surface area contributed by atoms with Crippen molar-refractivity contribution in [3.63, 3.8) is 0 Å². The van der Waals surface area contributed by atoms with Gasteiger partial charge in [-0.3, -0.25) is 14.4 Å². The van der Waals surface area contributed by atoms with Crippen molar-refractivity contribution < 1.29 is 14.4 Å². The Labute approximate surface area is 148 Å². The van der Waals surface area contributed by atoms with E-state index < -0.39 is 0 Å². The molecule has 0 spiro atoms. The van der Waals surface area contributed by atoms with Gasteiger partial charge in [-0.05, 0) is 37.5 Å². The molecule has 134 valence electrons. The molecular weight excluding hydrogens is 318 g/mol. The number of nitrogens with one attached hydrogen (secondary N) is 2. The summed E-state index contributed by atoms with van der Waals surface area (Å²) >= 11 is 0. The first kappa shape index (κ1) is 17.5. The van der Waals surface area contributed by atoms with E-state index in [1.807, 2.05) is 11.8 Å². The number of amides is 3. The number of rotatable bonds is 5. The van der Waals surface area contributed by atoms with Gasteiger partial charge in [0.15, 0.2) is 0 Å². The van der Waals surface area contributed by atoms with Gasteiger partial charge in [-0.2, -0.15) is 0 Å². The minimum atomic E-state index is -0.0614. The highest BCUT2D eigenvalue weighted by Gasteiger charge is 2.40. The molecule has 2 bridgehead atoms. The normalized spacial score (nSPS) is 22.3.